The van der Waals surface area contributed by atoms with E-state index >= 15 is 0 Å². The quantitative estimate of drug-likeness (QED) is 0.531. The van der Waals surface area contributed by atoms with Gasteiger partial charge in [0.05, 0.1) is 13.2 Å². The van der Waals surface area contributed by atoms with Crippen LogP contribution in [0.1, 0.15) is 62.9 Å². The molecule has 1 N–H and O–H groups in total. The van der Waals surface area contributed by atoms with E-state index in [4.69, 9.17) is 12.2 Å². The summed E-state index contributed by atoms with van der Waals surface area (Å²) in [5.41, 5.74) is 2.63. The highest BCUT2D eigenvalue weighted by Gasteiger charge is 2.24. The Kier molecular flexibility index (Phi) is 7.71. The summed E-state index contributed by atoms with van der Waals surface area (Å²) in [4.78, 5) is 16.8. The molecule has 1 aliphatic heterocycles. The van der Waals surface area contributed by atoms with Gasteiger partial charge in [0.1, 0.15) is 0 Å². The van der Waals surface area contributed by atoms with E-state index in [1.807, 2.05) is 0 Å². The molecule has 0 atom stereocenters. The number of piperazine rings is 1. The number of amides is 1. The molecule has 0 spiro atoms. The van der Waals surface area contributed by atoms with Gasteiger partial charge in [-0.3, -0.25) is 14.6 Å². The number of hydrogen-bond acceptors (Lipinski definition) is 4. The molecule has 2 aliphatic rings. The van der Waals surface area contributed by atoms with Crippen LogP contribution in [0.15, 0.2) is 0 Å². The lowest BCUT2D eigenvalue weighted by molar-refractivity contribution is -0.122. The van der Waals surface area contributed by atoms with Gasteiger partial charge in [-0.05, 0) is 45.3 Å². The van der Waals surface area contributed by atoms with Gasteiger partial charge in [-0.1, -0.05) is 26.2 Å². The van der Waals surface area contributed by atoms with Gasteiger partial charge in [0, 0.05) is 50.2 Å². The number of carbonyl (C=O) groups excluding carboxylic acids is 1. The van der Waals surface area contributed by atoms with Gasteiger partial charge in [0.2, 0.25) is 5.91 Å². The lowest BCUT2D eigenvalue weighted by Crippen LogP contribution is -2.49. The van der Waals surface area contributed by atoms with Crippen LogP contribution in [0, 0.1) is 18.6 Å². The van der Waals surface area contributed by atoms with E-state index in [-0.39, 0.29) is 5.91 Å². The van der Waals surface area contributed by atoms with E-state index in [1.54, 1.807) is 0 Å². The maximum absolute atomic E-state index is 12.0. The number of rotatable bonds is 8. The van der Waals surface area contributed by atoms with Gasteiger partial charge in [-0.2, -0.15) is 0 Å². The Hall–Kier alpha value is -1.18. The molecule has 3 rings (SSSR count). The van der Waals surface area contributed by atoms with E-state index in [9.17, 15) is 4.79 Å². The van der Waals surface area contributed by atoms with Crippen molar-refractivity contribution in [2.24, 2.45) is 0 Å². The second-order valence-corrected chi connectivity index (χ2v) is 8.79. The van der Waals surface area contributed by atoms with E-state index in [1.165, 1.54) is 37.1 Å². The Balaban J connectivity index is 1.53. The fourth-order valence-corrected chi connectivity index (χ4v) is 4.98. The molecular formula is C21H37N5OS. The van der Waals surface area contributed by atoms with Crippen LogP contribution >= 0.6 is 12.2 Å². The topological polar surface area (TPSA) is 45.4 Å². The van der Waals surface area contributed by atoms with Crippen molar-refractivity contribution >= 4 is 18.1 Å². The first-order valence-corrected chi connectivity index (χ1v) is 11.4. The van der Waals surface area contributed by atoms with Gasteiger partial charge in [0.25, 0.3) is 0 Å². The normalized spacial score (nSPS) is 19.4. The minimum atomic E-state index is 0.157. The summed E-state index contributed by atoms with van der Waals surface area (Å²) in [6.45, 7) is 12.6. The van der Waals surface area contributed by atoms with Gasteiger partial charge in [-0.25, -0.2) is 0 Å². The van der Waals surface area contributed by atoms with Crippen molar-refractivity contribution in [2.45, 2.75) is 72.0 Å². The van der Waals surface area contributed by atoms with Crippen molar-refractivity contribution in [1.29, 1.82) is 0 Å². The van der Waals surface area contributed by atoms with E-state index < -0.39 is 0 Å². The van der Waals surface area contributed by atoms with Crippen molar-refractivity contribution in [1.82, 2.24) is 24.3 Å². The third kappa shape index (κ3) is 5.05. The zero-order valence-corrected chi connectivity index (χ0v) is 18.7. The summed E-state index contributed by atoms with van der Waals surface area (Å²) < 4.78 is 5.71. The molecule has 0 unspecified atom stereocenters. The molecule has 158 valence electrons. The average Bonchev–Trinajstić information content (AvgIpc) is 3.27. The van der Waals surface area contributed by atoms with Gasteiger partial charge in [-0.15, -0.1) is 0 Å². The Morgan fingerprint density at radius 3 is 2.36 bits per heavy atom. The zero-order valence-electron chi connectivity index (χ0n) is 17.9. The molecule has 0 radical (unpaired) electrons. The van der Waals surface area contributed by atoms with Gasteiger partial charge in [0.15, 0.2) is 4.77 Å². The molecule has 28 heavy (non-hydrogen) atoms. The molecule has 1 aliphatic carbocycles. The molecule has 2 heterocycles. The minimum absolute atomic E-state index is 0.157. The van der Waals surface area contributed by atoms with Crippen molar-refractivity contribution < 1.29 is 4.79 Å². The number of aromatic nitrogens is 2. The summed E-state index contributed by atoms with van der Waals surface area (Å²) in [6, 6.07) is 0.593. The molecule has 0 aromatic carbocycles. The molecule has 1 saturated heterocycles. The number of carbonyl (C=O) groups is 1. The third-order valence-electron chi connectivity index (χ3n) is 6.44. The molecule has 1 saturated carbocycles. The van der Waals surface area contributed by atoms with E-state index in [0.717, 1.165) is 57.0 Å². The lowest BCUT2D eigenvalue weighted by Gasteiger charge is -2.34. The first-order chi connectivity index (χ1) is 13.5. The van der Waals surface area contributed by atoms with Crippen LogP contribution in [0.5, 0.6) is 0 Å². The molecule has 0 bridgehead atoms. The van der Waals surface area contributed by atoms with Crippen molar-refractivity contribution in [3.05, 3.63) is 16.2 Å². The Bertz CT molecular complexity index is 711. The number of nitrogens with zero attached hydrogens (tertiary/aromatic N) is 4. The second-order valence-electron chi connectivity index (χ2n) is 8.43. The predicted octanol–water partition coefficient (Wildman–Crippen LogP) is 3.24. The minimum Gasteiger partial charge on any atom is -0.355 e. The maximum atomic E-state index is 12.0. The molecule has 1 amide bonds. The molecule has 7 heteroatoms. The van der Waals surface area contributed by atoms with Gasteiger partial charge >= 0.3 is 0 Å². The summed E-state index contributed by atoms with van der Waals surface area (Å²) in [7, 11) is 0. The molecule has 1 aromatic heterocycles. The molecular weight excluding hydrogens is 370 g/mol. The molecule has 1 aromatic rings. The number of nitrogens with one attached hydrogen (secondary N) is 1. The highest BCUT2D eigenvalue weighted by Crippen LogP contribution is 2.32. The first kappa shape index (κ1) is 21.5. The fourth-order valence-electron chi connectivity index (χ4n) is 4.50. The van der Waals surface area contributed by atoms with Crippen LogP contribution in [-0.4, -0.2) is 64.1 Å². The SMILES string of the molecule is CCCCNC(=O)CN1CCN(Cn2c(C)c(C)n(C3CCCC3)c2=S)CC1. The Morgan fingerprint density at radius 1 is 1.07 bits per heavy atom. The van der Waals surface area contributed by atoms with Crippen LogP contribution in [0.3, 0.4) is 0 Å². The number of imidazole rings is 1. The molecule has 2 fully saturated rings. The van der Waals surface area contributed by atoms with Gasteiger partial charge < -0.3 is 14.5 Å². The standard InChI is InChI=1S/C21H37N5OS/c1-4-5-10-22-20(27)15-23-11-13-24(14-12-23)16-25-17(2)18(3)26(21(25)28)19-8-6-7-9-19/h19H,4-16H2,1-3H3,(H,22,27). The van der Waals surface area contributed by atoms with Crippen LogP contribution < -0.4 is 5.32 Å². The Labute approximate surface area is 174 Å². The third-order valence-corrected chi connectivity index (χ3v) is 6.86. The average molecular weight is 408 g/mol. The highest BCUT2D eigenvalue weighted by molar-refractivity contribution is 7.71. The van der Waals surface area contributed by atoms with Crippen LogP contribution in [-0.2, 0) is 11.5 Å². The van der Waals surface area contributed by atoms with Crippen LogP contribution in [0.4, 0.5) is 0 Å². The van der Waals surface area contributed by atoms with Crippen LogP contribution in [0.2, 0.25) is 0 Å². The predicted molar refractivity (Wildman–Crippen MR) is 116 cm³/mol. The second kappa shape index (κ2) is 10.0. The van der Waals surface area contributed by atoms with Crippen molar-refractivity contribution in [3.63, 3.8) is 0 Å². The van der Waals surface area contributed by atoms with Crippen molar-refractivity contribution in [2.75, 3.05) is 39.3 Å². The number of hydrogen-bond donors (Lipinski definition) is 1. The van der Waals surface area contributed by atoms with E-state index in [2.05, 4.69) is 45.0 Å². The monoisotopic (exact) mass is 407 g/mol. The highest BCUT2D eigenvalue weighted by atomic mass is 32.1. The maximum Gasteiger partial charge on any atom is 0.234 e. The largest absolute Gasteiger partial charge is 0.355 e. The van der Waals surface area contributed by atoms with Crippen molar-refractivity contribution in [3.8, 4) is 0 Å². The summed E-state index contributed by atoms with van der Waals surface area (Å²) in [5, 5.41) is 3.02. The lowest BCUT2D eigenvalue weighted by atomic mass is 10.2. The summed E-state index contributed by atoms with van der Waals surface area (Å²) in [5.74, 6) is 0.157. The number of unbranched alkanes of at least 4 members (excludes halogenated alkanes) is 1. The smallest absolute Gasteiger partial charge is 0.234 e. The Morgan fingerprint density at radius 2 is 1.71 bits per heavy atom. The zero-order chi connectivity index (χ0) is 20.1. The fraction of sp³-hybridized carbons (Fsp3) is 0.810. The van der Waals surface area contributed by atoms with E-state index in [0.29, 0.717) is 12.6 Å². The molecule has 6 nitrogen and oxygen atoms in total. The summed E-state index contributed by atoms with van der Waals surface area (Å²) >= 11 is 5.87. The summed E-state index contributed by atoms with van der Waals surface area (Å²) in [6.07, 6.45) is 7.34. The van der Waals surface area contributed by atoms with Crippen LogP contribution in [0.25, 0.3) is 0 Å². The first-order valence-electron chi connectivity index (χ1n) is 11.0.